The van der Waals surface area contributed by atoms with Gasteiger partial charge in [0.1, 0.15) is 0 Å². The molecule has 1 aromatic carbocycles. The molecule has 1 saturated heterocycles. The zero-order valence-corrected chi connectivity index (χ0v) is 16.0. The molecule has 152 valence electrons. The Kier molecular flexibility index (Phi) is 7.36. The number of likely N-dealkylation sites (tertiary alicyclic amines) is 1. The van der Waals surface area contributed by atoms with Crippen LogP contribution in [0.2, 0.25) is 0 Å². The van der Waals surface area contributed by atoms with E-state index in [4.69, 9.17) is 15.2 Å². The Balaban J connectivity index is 1.86. The highest BCUT2D eigenvalue weighted by atomic mass is 16.5. The van der Waals surface area contributed by atoms with Crippen molar-refractivity contribution in [3.8, 4) is 0 Å². The summed E-state index contributed by atoms with van der Waals surface area (Å²) in [6.07, 6.45) is 0.106. The number of hydrogen-bond donors (Lipinski definition) is 2. The number of benzene rings is 1. The van der Waals surface area contributed by atoms with Crippen LogP contribution in [0.4, 0.5) is 10.5 Å². The van der Waals surface area contributed by atoms with Crippen molar-refractivity contribution in [3.63, 3.8) is 0 Å². The first-order valence-electron chi connectivity index (χ1n) is 9.14. The van der Waals surface area contributed by atoms with E-state index in [0.29, 0.717) is 38.2 Å². The molecule has 9 nitrogen and oxygen atoms in total. The average molecular weight is 391 g/mol. The van der Waals surface area contributed by atoms with Crippen molar-refractivity contribution in [1.82, 2.24) is 4.90 Å². The number of hydrogen-bond acceptors (Lipinski definition) is 6. The van der Waals surface area contributed by atoms with E-state index in [1.54, 1.807) is 11.8 Å². The molecule has 1 fully saturated rings. The molecular weight excluding hydrogens is 366 g/mol. The van der Waals surface area contributed by atoms with Crippen LogP contribution in [0.1, 0.15) is 37.0 Å². The summed E-state index contributed by atoms with van der Waals surface area (Å²) in [7, 11) is 0. The summed E-state index contributed by atoms with van der Waals surface area (Å²) in [5.74, 6) is -1.38. The highest BCUT2D eigenvalue weighted by Crippen LogP contribution is 2.20. The van der Waals surface area contributed by atoms with Gasteiger partial charge < -0.3 is 25.4 Å². The van der Waals surface area contributed by atoms with Crippen LogP contribution in [0.15, 0.2) is 24.3 Å². The Hall–Kier alpha value is -3.10. The van der Waals surface area contributed by atoms with Crippen LogP contribution in [-0.2, 0) is 19.1 Å². The maximum absolute atomic E-state index is 12.5. The van der Waals surface area contributed by atoms with Gasteiger partial charge in [0.2, 0.25) is 0 Å². The largest absolute Gasteiger partial charge is 0.466 e. The zero-order valence-electron chi connectivity index (χ0n) is 16.0. The third kappa shape index (κ3) is 5.70. The first kappa shape index (κ1) is 21.2. The van der Waals surface area contributed by atoms with Gasteiger partial charge in [-0.25, -0.2) is 9.59 Å². The van der Waals surface area contributed by atoms with Gasteiger partial charge >= 0.3 is 18.0 Å². The van der Waals surface area contributed by atoms with Crippen LogP contribution < -0.4 is 11.1 Å². The summed E-state index contributed by atoms with van der Waals surface area (Å²) >= 11 is 0. The molecule has 9 heteroatoms. The van der Waals surface area contributed by atoms with Crippen molar-refractivity contribution in [2.75, 3.05) is 25.0 Å². The molecule has 1 aliphatic rings. The van der Waals surface area contributed by atoms with Crippen molar-refractivity contribution in [3.05, 3.63) is 29.8 Å². The van der Waals surface area contributed by atoms with Crippen molar-refractivity contribution < 1.29 is 28.7 Å². The molecule has 0 aliphatic carbocycles. The Morgan fingerprint density at radius 3 is 2.32 bits per heavy atom. The fraction of sp³-hybridized carbons (Fsp3) is 0.474. The molecular formula is C19H25N3O6. The van der Waals surface area contributed by atoms with Gasteiger partial charge in [-0.1, -0.05) is 0 Å². The highest BCUT2D eigenvalue weighted by Gasteiger charge is 2.31. The molecule has 0 radical (unpaired) electrons. The zero-order chi connectivity index (χ0) is 20.7. The second kappa shape index (κ2) is 9.72. The Bertz CT molecular complexity index is 726. The van der Waals surface area contributed by atoms with E-state index < -0.39 is 18.1 Å². The van der Waals surface area contributed by atoms with Gasteiger partial charge in [0.25, 0.3) is 5.91 Å². The summed E-state index contributed by atoms with van der Waals surface area (Å²) in [5, 5.41) is 2.39. The maximum atomic E-state index is 12.5. The molecule has 0 aromatic heterocycles. The average Bonchev–Trinajstić information content (AvgIpc) is 2.67. The fourth-order valence-electron chi connectivity index (χ4n) is 2.96. The van der Waals surface area contributed by atoms with Gasteiger partial charge in [-0.15, -0.1) is 0 Å². The summed E-state index contributed by atoms with van der Waals surface area (Å²) in [6.45, 7) is 4.44. The number of urea groups is 1. The minimum Gasteiger partial charge on any atom is -0.466 e. The fourth-order valence-corrected chi connectivity index (χ4v) is 2.96. The molecule has 1 unspecified atom stereocenters. The Morgan fingerprint density at radius 1 is 1.18 bits per heavy atom. The van der Waals surface area contributed by atoms with Gasteiger partial charge in [-0.3, -0.25) is 9.59 Å². The topological polar surface area (TPSA) is 128 Å². The number of nitrogens with one attached hydrogen (secondary N) is 1. The van der Waals surface area contributed by atoms with Crippen LogP contribution >= 0.6 is 0 Å². The Labute approximate surface area is 163 Å². The van der Waals surface area contributed by atoms with Crippen molar-refractivity contribution in [2.24, 2.45) is 11.7 Å². The van der Waals surface area contributed by atoms with Crippen molar-refractivity contribution >= 4 is 29.6 Å². The minimum absolute atomic E-state index is 0.200. The smallest absolute Gasteiger partial charge is 0.338 e. The minimum atomic E-state index is -0.949. The van der Waals surface area contributed by atoms with Crippen molar-refractivity contribution in [1.29, 1.82) is 0 Å². The monoisotopic (exact) mass is 391 g/mol. The lowest BCUT2D eigenvalue weighted by Gasteiger charge is -2.32. The number of esters is 2. The van der Waals surface area contributed by atoms with Crippen LogP contribution in [0.25, 0.3) is 0 Å². The first-order valence-corrected chi connectivity index (χ1v) is 9.14. The van der Waals surface area contributed by atoms with Crippen LogP contribution in [0.3, 0.4) is 0 Å². The van der Waals surface area contributed by atoms with E-state index >= 15 is 0 Å². The third-order valence-corrected chi connectivity index (χ3v) is 4.45. The number of rotatable bonds is 6. The number of carbonyl (C=O) groups is 4. The molecule has 3 amide bonds. The van der Waals surface area contributed by atoms with E-state index in [1.165, 1.54) is 31.2 Å². The van der Waals surface area contributed by atoms with E-state index in [9.17, 15) is 19.2 Å². The van der Waals surface area contributed by atoms with Gasteiger partial charge in [0.15, 0.2) is 6.10 Å². The number of carbonyl (C=O) groups excluding carboxylic acids is 4. The van der Waals surface area contributed by atoms with Crippen LogP contribution in [-0.4, -0.2) is 54.6 Å². The number of piperidine rings is 1. The van der Waals surface area contributed by atoms with Gasteiger partial charge in [0, 0.05) is 18.8 Å². The Morgan fingerprint density at radius 2 is 1.79 bits per heavy atom. The molecule has 1 aromatic rings. The number of primary amides is 1. The summed E-state index contributed by atoms with van der Waals surface area (Å²) in [6, 6.07) is 5.24. The molecule has 0 spiro atoms. The predicted molar refractivity (Wildman–Crippen MR) is 100 cm³/mol. The molecule has 1 heterocycles. The molecule has 0 saturated carbocycles. The SMILES string of the molecule is CCOC(=O)C1CCN(C(=O)C(C)OC(=O)c2ccc(NC(N)=O)cc2)CC1. The number of amides is 3. The number of ether oxygens (including phenoxy) is 2. The molecule has 0 bridgehead atoms. The van der Waals surface area contributed by atoms with E-state index in [1.807, 2.05) is 0 Å². The van der Waals surface area contributed by atoms with Gasteiger partial charge in [-0.05, 0) is 51.0 Å². The van der Waals surface area contributed by atoms with Gasteiger partial charge in [-0.2, -0.15) is 0 Å². The third-order valence-electron chi connectivity index (χ3n) is 4.45. The highest BCUT2D eigenvalue weighted by molar-refractivity contribution is 5.93. The molecule has 1 aliphatic heterocycles. The summed E-state index contributed by atoms with van der Waals surface area (Å²) in [5.41, 5.74) is 5.71. The van der Waals surface area contributed by atoms with E-state index in [2.05, 4.69) is 5.32 Å². The maximum Gasteiger partial charge on any atom is 0.338 e. The molecule has 28 heavy (non-hydrogen) atoms. The first-order chi connectivity index (χ1) is 13.3. The predicted octanol–water partition coefficient (Wildman–Crippen LogP) is 1.52. The van der Waals surface area contributed by atoms with Gasteiger partial charge in [0.05, 0.1) is 18.1 Å². The van der Waals surface area contributed by atoms with E-state index in [-0.39, 0.29) is 23.4 Å². The summed E-state index contributed by atoms with van der Waals surface area (Å²) in [4.78, 5) is 48.9. The van der Waals surface area contributed by atoms with Crippen LogP contribution in [0.5, 0.6) is 0 Å². The molecule has 1 atom stereocenters. The molecule has 3 N–H and O–H groups in total. The normalized spacial score (nSPS) is 15.4. The van der Waals surface area contributed by atoms with Crippen molar-refractivity contribution in [2.45, 2.75) is 32.8 Å². The standard InChI is InChI=1S/C19H25N3O6/c1-3-27-17(24)14-8-10-22(11-9-14)16(23)12(2)28-18(25)13-4-6-15(7-5-13)21-19(20)26/h4-7,12,14H,3,8-11H2,1-2H3,(H3,20,21,26). The number of nitrogens with zero attached hydrogens (tertiary/aromatic N) is 1. The lowest BCUT2D eigenvalue weighted by molar-refractivity contribution is -0.152. The lowest BCUT2D eigenvalue weighted by atomic mass is 9.97. The quantitative estimate of drug-likeness (QED) is 0.708. The lowest BCUT2D eigenvalue weighted by Crippen LogP contribution is -2.45. The van der Waals surface area contributed by atoms with Crippen LogP contribution in [0, 0.1) is 5.92 Å². The second-order valence-corrected chi connectivity index (χ2v) is 6.47. The second-order valence-electron chi connectivity index (χ2n) is 6.47. The molecule has 2 rings (SSSR count). The number of anilines is 1. The number of nitrogens with two attached hydrogens (primary N) is 1. The van der Waals surface area contributed by atoms with E-state index in [0.717, 1.165) is 0 Å². The summed E-state index contributed by atoms with van der Waals surface area (Å²) < 4.78 is 10.3.